The lowest BCUT2D eigenvalue weighted by Gasteiger charge is -2.27. The molecule has 0 aromatic heterocycles. The Balaban J connectivity index is 1.05. The van der Waals surface area contributed by atoms with Crippen LogP contribution in [-0.4, -0.2) is 0 Å². The highest BCUT2D eigenvalue weighted by Gasteiger charge is 2.19. The summed E-state index contributed by atoms with van der Waals surface area (Å²) < 4.78 is 0. The maximum absolute atomic E-state index is 2.30. The second kappa shape index (κ2) is 16.9. The van der Waals surface area contributed by atoms with E-state index in [1.165, 1.54) is 0 Å². The van der Waals surface area contributed by atoms with E-state index in [0.717, 1.165) is 68.0 Å². The first-order valence-corrected chi connectivity index (χ1v) is 19.6. The number of rotatable bonds is 12. The van der Waals surface area contributed by atoms with Crippen LogP contribution in [0, 0.1) is 0 Å². The van der Waals surface area contributed by atoms with Gasteiger partial charge in [-0.25, -0.2) is 0 Å². The van der Waals surface area contributed by atoms with Gasteiger partial charge in [-0.2, -0.15) is 0 Å². The second-order valence-electron chi connectivity index (χ2n) is 14.0. The Kier molecular flexibility index (Phi) is 10.5. The predicted molar refractivity (Wildman–Crippen MR) is 244 cm³/mol. The van der Waals surface area contributed by atoms with Crippen LogP contribution in [0.15, 0.2) is 278 Å². The largest absolute Gasteiger partial charge is 0.317 e. The van der Waals surface area contributed by atoms with E-state index in [2.05, 4.69) is 275 Å². The summed E-state index contributed by atoms with van der Waals surface area (Å²) in [5.41, 5.74) is 13.2. The molecule has 0 radical (unpaired) electrons. The van der Waals surface area contributed by atoms with Gasteiger partial charge >= 0.3 is 0 Å². The van der Waals surface area contributed by atoms with Crippen LogP contribution in [0.25, 0.3) is 0 Å². The molecule has 0 heterocycles. The van der Waals surface area contributed by atoms with E-state index in [-0.39, 0.29) is 0 Å². The Morgan fingerprint density at radius 3 is 0.983 bits per heavy atom. The Bertz CT molecular complexity index is 2550. The van der Waals surface area contributed by atoms with Crippen LogP contribution < -0.4 is 19.6 Å². The number of nitrogens with zero attached hydrogens (tertiary/aromatic N) is 4. The minimum absolute atomic E-state index is 1.07. The van der Waals surface area contributed by atoms with Gasteiger partial charge in [-0.3, -0.25) is 0 Å². The number of anilines is 8. The van der Waals surface area contributed by atoms with Crippen molar-refractivity contribution >= 4 is 45.5 Å². The third-order valence-electron chi connectivity index (χ3n) is 10.1. The molecule has 0 bridgehead atoms. The monoisotopic (exact) mass is 746 g/mol. The molecule has 0 saturated heterocycles. The Hall–Kier alpha value is -7.82. The van der Waals surface area contributed by atoms with Gasteiger partial charge in [0.25, 0.3) is 0 Å². The Morgan fingerprint density at radius 1 is 0.241 bits per heavy atom. The molecule has 0 amide bonds. The molecule has 0 atom stereocenters. The first-order valence-electron chi connectivity index (χ1n) is 19.6. The molecule has 9 rings (SSSR count). The van der Waals surface area contributed by atoms with Crippen LogP contribution in [0.4, 0.5) is 45.5 Å². The van der Waals surface area contributed by atoms with Crippen molar-refractivity contribution in [2.75, 3.05) is 19.6 Å². The lowest BCUT2D eigenvalue weighted by molar-refractivity contribution is 1.19. The molecule has 2 aliphatic carbocycles. The molecule has 0 fully saturated rings. The molecule has 4 heteroatoms. The van der Waals surface area contributed by atoms with Gasteiger partial charge in [0.2, 0.25) is 0 Å². The van der Waals surface area contributed by atoms with Gasteiger partial charge in [-0.15, -0.1) is 0 Å². The van der Waals surface area contributed by atoms with E-state index in [9.17, 15) is 0 Å². The predicted octanol–water partition coefficient (Wildman–Crippen LogP) is 14.3. The third kappa shape index (κ3) is 7.95. The minimum Gasteiger partial charge on any atom is -0.317 e. The van der Waals surface area contributed by atoms with E-state index < -0.39 is 0 Å². The molecular weight excluding hydrogens is 705 g/mol. The van der Waals surface area contributed by atoms with Gasteiger partial charge in [-0.05, 0) is 133 Å². The quantitative estimate of drug-likeness (QED) is 0.123. The zero-order valence-electron chi connectivity index (χ0n) is 32.0. The summed E-state index contributed by atoms with van der Waals surface area (Å²) in [6.45, 7) is 0. The topological polar surface area (TPSA) is 13.0 Å². The SMILES string of the molecule is C1=CC(N(c2ccccc2)c2ccccc2)=CC1=CN(C1=C/C(=C\N(c2ccccc2)c2ccc(N(c3ccccc3)c3ccccc3)cc2)C=C1)c1ccccc1. The molecule has 278 valence electrons. The molecule has 0 N–H and O–H groups in total. The molecule has 0 saturated carbocycles. The number of para-hydroxylation sites is 6. The summed E-state index contributed by atoms with van der Waals surface area (Å²) in [4.78, 5) is 9.12. The molecule has 2 aliphatic rings. The van der Waals surface area contributed by atoms with E-state index in [4.69, 9.17) is 0 Å². The molecular formula is C54H42N4. The fourth-order valence-corrected chi connectivity index (χ4v) is 7.38. The molecule has 0 aliphatic heterocycles. The van der Waals surface area contributed by atoms with Crippen molar-refractivity contribution < 1.29 is 0 Å². The number of hydrogen-bond donors (Lipinski definition) is 0. The fraction of sp³-hybridized carbons (Fsp3) is 0. The molecule has 7 aromatic carbocycles. The van der Waals surface area contributed by atoms with E-state index >= 15 is 0 Å². The Labute approximate surface area is 341 Å². The third-order valence-corrected chi connectivity index (χ3v) is 10.1. The smallest absolute Gasteiger partial charge is 0.0468 e. The lowest BCUT2D eigenvalue weighted by Crippen LogP contribution is -2.15. The van der Waals surface area contributed by atoms with Crippen LogP contribution in [0.5, 0.6) is 0 Å². The van der Waals surface area contributed by atoms with E-state index in [1.807, 2.05) is 0 Å². The normalized spacial score (nSPS) is 14.3. The number of allylic oxidation sites excluding steroid dienone is 8. The molecule has 4 nitrogen and oxygen atoms in total. The van der Waals surface area contributed by atoms with Gasteiger partial charge in [0.05, 0.1) is 0 Å². The maximum Gasteiger partial charge on any atom is 0.0468 e. The van der Waals surface area contributed by atoms with Crippen molar-refractivity contribution in [2.45, 2.75) is 0 Å². The highest BCUT2D eigenvalue weighted by atomic mass is 15.2. The lowest BCUT2D eigenvalue weighted by atomic mass is 10.1. The van der Waals surface area contributed by atoms with Crippen molar-refractivity contribution in [1.82, 2.24) is 0 Å². The van der Waals surface area contributed by atoms with Crippen LogP contribution in [0.3, 0.4) is 0 Å². The summed E-state index contributed by atoms with van der Waals surface area (Å²) in [6, 6.07) is 72.0. The van der Waals surface area contributed by atoms with Crippen molar-refractivity contribution in [3.05, 3.63) is 278 Å². The average Bonchev–Trinajstić information content (AvgIpc) is 3.97. The number of hydrogen-bond acceptors (Lipinski definition) is 4. The van der Waals surface area contributed by atoms with Crippen LogP contribution in [0.1, 0.15) is 0 Å². The van der Waals surface area contributed by atoms with Gasteiger partial charge in [0.15, 0.2) is 0 Å². The van der Waals surface area contributed by atoms with Crippen molar-refractivity contribution in [3.8, 4) is 0 Å². The van der Waals surface area contributed by atoms with Crippen molar-refractivity contribution in [1.29, 1.82) is 0 Å². The van der Waals surface area contributed by atoms with Crippen LogP contribution in [0.2, 0.25) is 0 Å². The second-order valence-corrected chi connectivity index (χ2v) is 14.0. The minimum atomic E-state index is 1.07. The highest BCUT2D eigenvalue weighted by molar-refractivity contribution is 5.79. The molecule has 0 spiro atoms. The standard InChI is InChI=1S/C54H42N4/c1-7-19-45(20-8-1)55(47-35-37-52(38-36-47)57(48-23-11-3-12-24-48)49-25-13-4-14-26-49)41-43-31-33-53(39-43)56(46-21-9-2-10-22-46)42-44-32-34-54(40-44)58(50-27-15-5-16-28-50)51-29-17-6-18-30-51/h1-42H/b43-41-,44-42?. The highest BCUT2D eigenvalue weighted by Crippen LogP contribution is 2.38. The average molecular weight is 747 g/mol. The first kappa shape index (κ1) is 35.9. The van der Waals surface area contributed by atoms with E-state index in [0.29, 0.717) is 0 Å². The Morgan fingerprint density at radius 2 is 0.534 bits per heavy atom. The maximum atomic E-state index is 2.30. The van der Waals surface area contributed by atoms with Gasteiger partial charge in [0.1, 0.15) is 0 Å². The van der Waals surface area contributed by atoms with Crippen LogP contribution in [-0.2, 0) is 0 Å². The van der Waals surface area contributed by atoms with Gasteiger partial charge in [0, 0.05) is 69.3 Å². The van der Waals surface area contributed by atoms with Crippen LogP contribution >= 0.6 is 0 Å². The van der Waals surface area contributed by atoms with Crippen molar-refractivity contribution in [2.24, 2.45) is 0 Å². The van der Waals surface area contributed by atoms with Gasteiger partial charge in [-0.1, -0.05) is 121 Å². The van der Waals surface area contributed by atoms with Crippen molar-refractivity contribution in [3.63, 3.8) is 0 Å². The molecule has 0 unspecified atom stereocenters. The summed E-state index contributed by atoms with van der Waals surface area (Å²) in [6.07, 6.45) is 17.7. The van der Waals surface area contributed by atoms with E-state index in [1.54, 1.807) is 0 Å². The summed E-state index contributed by atoms with van der Waals surface area (Å²) in [7, 11) is 0. The zero-order valence-corrected chi connectivity index (χ0v) is 32.0. The molecule has 7 aromatic rings. The number of benzene rings is 7. The zero-order chi connectivity index (χ0) is 38.9. The molecule has 58 heavy (non-hydrogen) atoms. The summed E-state index contributed by atoms with van der Waals surface area (Å²) in [5.74, 6) is 0. The van der Waals surface area contributed by atoms with Gasteiger partial charge < -0.3 is 19.6 Å². The fourth-order valence-electron chi connectivity index (χ4n) is 7.38. The summed E-state index contributed by atoms with van der Waals surface area (Å²) in [5, 5.41) is 0. The summed E-state index contributed by atoms with van der Waals surface area (Å²) >= 11 is 0. The first-order chi connectivity index (χ1) is 28.8.